The standard InChI is InChI=1S/C12H21N7/c1-6-18(7-2)11-14-10(17(4)5)15-12(16-11)19(8-3)9-13/h6-8H2,1-5H3. The third kappa shape index (κ3) is 3.44. The molecule has 0 N–H and O–H groups in total. The second kappa shape index (κ2) is 6.73. The van der Waals surface area contributed by atoms with E-state index in [0.29, 0.717) is 24.4 Å². The molecular weight excluding hydrogens is 242 g/mol. The SMILES string of the molecule is CCN(C#N)c1nc(N(C)C)nc(N(CC)CC)n1. The van der Waals surface area contributed by atoms with Crippen molar-refractivity contribution in [1.82, 2.24) is 15.0 Å². The molecule has 7 heteroatoms. The molecule has 0 unspecified atom stereocenters. The Balaban J connectivity index is 3.29. The fraction of sp³-hybridized carbons (Fsp3) is 0.667. The number of nitriles is 1. The molecule has 0 aliphatic heterocycles. The third-order valence-corrected chi connectivity index (χ3v) is 2.72. The summed E-state index contributed by atoms with van der Waals surface area (Å²) in [6.45, 7) is 8.13. The van der Waals surface area contributed by atoms with Gasteiger partial charge in [0.25, 0.3) is 0 Å². The summed E-state index contributed by atoms with van der Waals surface area (Å²) in [5.41, 5.74) is 0. The van der Waals surface area contributed by atoms with Crippen LogP contribution in [0, 0.1) is 11.5 Å². The number of hydrogen-bond acceptors (Lipinski definition) is 7. The molecule has 0 saturated carbocycles. The number of anilines is 3. The van der Waals surface area contributed by atoms with Crippen molar-refractivity contribution in [3.63, 3.8) is 0 Å². The highest BCUT2D eigenvalue weighted by Gasteiger charge is 2.15. The normalized spacial score (nSPS) is 9.89. The van der Waals surface area contributed by atoms with Gasteiger partial charge >= 0.3 is 0 Å². The lowest BCUT2D eigenvalue weighted by molar-refractivity contribution is 0.797. The van der Waals surface area contributed by atoms with Crippen molar-refractivity contribution in [3.8, 4) is 6.19 Å². The number of hydrogen-bond donors (Lipinski definition) is 0. The van der Waals surface area contributed by atoms with E-state index in [0.717, 1.165) is 13.1 Å². The first-order valence-corrected chi connectivity index (χ1v) is 6.42. The molecule has 0 atom stereocenters. The minimum Gasteiger partial charge on any atom is -0.347 e. The van der Waals surface area contributed by atoms with E-state index in [1.54, 1.807) is 0 Å². The molecule has 1 heterocycles. The van der Waals surface area contributed by atoms with Gasteiger partial charge in [0.05, 0.1) is 0 Å². The molecular formula is C12H21N7. The molecule has 1 aromatic heterocycles. The lowest BCUT2D eigenvalue weighted by Gasteiger charge is -2.22. The van der Waals surface area contributed by atoms with E-state index in [2.05, 4.69) is 21.1 Å². The zero-order valence-corrected chi connectivity index (χ0v) is 12.3. The molecule has 0 aromatic carbocycles. The highest BCUT2D eigenvalue weighted by molar-refractivity contribution is 5.47. The molecule has 104 valence electrons. The lowest BCUT2D eigenvalue weighted by Crippen LogP contribution is -2.28. The molecule has 7 nitrogen and oxygen atoms in total. The molecule has 1 aromatic rings. The van der Waals surface area contributed by atoms with Crippen molar-refractivity contribution in [2.75, 3.05) is 48.4 Å². The van der Waals surface area contributed by atoms with E-state index in [-0.39, 0.29) is 0 Å². The molecule has 0 spiro atoms. The predicted molar refractivity (Wildman–Crippen MR) is 76.3 cm³/mol. The van der Waals surface area contributed by atoms with Gasteiger partial charge in [-0.3, -0.25) is 0 Å². The quantitative estimate of drug-likeness (QED) is 0.562. The Labute approximate surface area is 114 Å². The maximum atomic E-state index is 9.10. The summed E-state index contributed by atoms with van der Waals surface area (Å²) >= 11 is 0. The fourth-order valence-corrected chi connectivity index (χ4v) is 1.57. The van der Waals surface area contributed by atoms with Crippen LogP contribution in [0.15, 0.2) is 0 Å². The van der Waals surface area contributed by atoms with Crippen LogP contribution in [0.5, 0.6) is 0 Å². The van der Waals surface area contributed by atoms with E-state index in [4.69, 9.17) is 5.26 Å². The van der Waals surface area contributed by atoms with Crippen LogP contribution in [0.4, 0.5) is 17.8 Å². The van der Waals surface area contributed by atoms with Gasteiger partial charge in [-0.1, -0.05) is 0 Å². The van der Waals surface area contributed by atoms with Gasteiger partial charge in [-0.05, 0) is 20.8 Å². The zero-order chi connectivity index (χ0) is 14.4. The van der Waals surface area contributed by atoms with E-state index >= 15 is 0 Å². The van der Waals surface area contributed by atoms with Crippen molar-refractivity contribution in [1.29, 1.82) is 5.26 Å². The Morgan fingerprint density at radius 1 is 0.895 bits per heavy atom. The van der Waals surface area contributed by atoms with Gasteiger partial charge in [-0.15, -0.1) is 0 Å². The first-order chi connectivity index (χ1) is 9.07. The first kappa shape index (κ1) is 15.0. The maximum Gasteiger partial charge on any atom is 0.245 e. The molecule has 0 radical (unpaired) electrons. The largest absolute Gasteiger partial charge is 0.347 e. The first-order valence-electron chi connectivity index (χ1n) is 6.42. The smallest absolute Gasteiger partial charge is 0.245 e. The molecule has 0 aliphatic carbocycles. The summed E-state index contributed by atoms with van der Waals surface area (Å²) in [6.07, 6.45) is 2.08. The summed E-state index contributed by atoms with van der Waals surface area (Å²) in [5.74, 6) is 1.55. The van der Waals surface area contributed by atoms with Gasteiger partial charge < -0.3 is 9.80 Å². The van der Waals surface area contributed by atoms with Gasteiger partial charge in [0.2, 0.25) is 17.8 Å². The second-order valence-electron chi connectivity index (χ2n) is 4.15. The highest BCUT2D eigenvalue weighted by Crippen LogP contribution is 2.17. The Morgan fingerprint density at radius 2 is 1.42 bits per heavy atom. The number of rotatable bonds is 6. The maximum absolute atomic E-state index is 9.10. The summed E-state index contributed by atoms with van der Waals surface area (Å²) < 4.78 is 0. The van der Waals surface area contributed by atoms with Crippen LogP contribution in [-0.2, 0) is 0 Å². The van der Waals surface area contributed by atoms with Crippen LogP contribution in [0.25, 0.3) is 0 Å². The Hall–Kier alpha value is -2.10. The average molecular weight is 263 g/mol. The monoisotopic (exact) mass is 263 g/mol. The van der Waals surface area contributed by atoms with Crippen LogP contribution >= 0.6 is 0 Å². The van der Waals surface area contributed by atoms with Crippen LogP contribution in [-0.4, -0.2) is 48.7 Å². The van der Waals surface area contributed by atoms with Crippen LogP contribution in [0.3, 0.4) is 0 Å². The summed E-state index contributed by atoms with van der Waals surface area (Å²) in [5, 5.41) is 9.10. The predicted octanol–water partition coefficient (Wildman–Crippen LogP) is 1.09. The minimum absolute atomic E-state index is 0.394. The van der Waals surface area contributed by atoms with Gasteiger partial charge in [-0.25, -0.2) is 4.90 Å². The van der Waals surface area contributed by atoms with E-state index < -0.39 is 0 Å². The van der Waals surface area contributed by atoms with E-state index in [1.165, 1.54) is 4.90 Å². The Kier molecular flexibility index (Phi) is 5.30. The molecule has 0 amide bonds. The average Bonchev–Trinajstić information content (AvgIpc) is 2.41. The summed E-state index contributed by atoms with van der Waals surface area (Å²) in [4.78, 5) is 18.4. The van der Waals surface area contributed by atoms with Gasteiger partial charge in [-0.2, -0.15) is 20.2 Å². The second-order valence-corrected chi connectivity index (χ2v) is 4.15. The lowest BCUT2D eigenvalue weighted by atomic mass is 10.5. The fourth-order valence-electron chi connectivity index (χ4n) is 1.57. The number of nitrogens with zero attached hydrogens (tertiary/aromatic N) is 7. The van der Waals surface area contributed by atoms with E-state index in [9.17, 15) is 0 Å². The highest BCUT2D eigenvalue weighted by atomic mass is 15.4. The van der Waals surface area contributed by atoms with Crippen molar-refractivity contribution in [2.24, 2.45) is 0 Å². The minimum atomic E-state index is 0.394. The topological polar surface area (TPSA) is 72.2 Å². The van der Waals surface area contributed by atoms with Crippen LogP contribution in [0.1, 0.15) is 20.8 Å². The third-order valence-electron chi connectivity index (χ3n) is 2.72. The zero-order valence-electron chi connectivity index (χ0n) is 12.3. The van der Waals surface area contributed by atoms with Crippen molar-refractivity contribution in [2.45, 2.75) is 20.8 Å². The van der Waals surface area contributed by atoms with E-state index in [1.807, 2.05) is 44.7 Å². The summed E-state index contributed by atoms with van der Waals surface area (Å²) in [7, 11) is 3.74. The molecule has 1 rings (SSSR count). The summed E-state index contributed by atoms with van der Waals surface area (Å²) in [6, 6.07) is 0. The van der Waals surface area contributed by atoms with Crippen LogP contribution < -0.4 is 14.7 Å². The van der Waals surface area contributed by atoms with Crippen molar-refractivity contribution in [3.05, 3.63) is 0 Å². The van der Waals surface area contributed by atoms with Gasteiger partial charge in [0, 0.05) is 33.7 Å². The van der Waals surface area contributed by atoms with Gasteiger partial charge in [0.1, 0.15) is 0 Å². The molecule has 0 saturated heterocycles. The van der Waals surface area contributed by atoms with Crippen molar-refractivity contribution < 1.29 is 0 Å². The van der Waals surface area contributed by atoms with Crippen molar-refractivity contribution >= 4 is 17.8 Å². The molecule has 0 fully saturated rings. The molecule has 0 bridgehead atoms. The Bertz CT molecular complexity index is 448. The number of aromatic nitrogens is 3. The Morgan fingerprint density at radius 3 is 1.84 bits per heavy atom. The molecule has 0 aliphatic rings. The van der Waals surface area contributed by atoms with Gasteiger partial charge in [0.15, 0.2) is 6.19 Å². The molecule has 19 heavy (non-hydrogen) atoms. The van der Waals surface area contributed by atoms with Crippen LogP contribution in [0.2, 0.25) is 0 Å².